The molecule has 1 aromatic rings. The number of rotatable bonds is 1. The molecule has 0 spiro atoms. The van der Waals surface area contributed by atoms with Gasteiger partial charge in [-0.05, 0) is 28.4 Å². The molecule has 0 unspecified atom stereocenters. The third kappa shape index (κ3) is 1.28. The molecule has 0 bridgehead atoms. The minimum Gasteiger partial charge on any atom is -0.480 e. The maximum absolute atomic E-state index is 11.2. The molecule has 0 saturated carbocycles. The third-order valence-corrected chi connectivity index (χ3v) is 3.19. The van der Waals surface area contributed by atoms with E-state index in [-0.39, 0.29) is 5.91 Å². The second-order valence-corrected chi connectivity index (χ2v) is 3.91. The molecule has 1 aromatic heterocycles. The molecular formula is C9H9BrN2O2. The first kappa shape index (κ1) is 9.45. The largest absolute Gasteiger partial charge is 0.480 e. The van der Waals surface area contributed by atoms with E-state index < -0.39 is 0 Å². The van der Waals surface area contributed by atoms with Crippen molar-refractivity contribution in [1.82, 2.24) is 4.98 Å². The van der Waals surface area contributed by atoms with E-state index in [4.69, 9.17) is 4.74 Å². The summed E-state index contributed by atoms with van der Waals surface area (Å²) in [4.78, 5) is 15.3. The normalized spacial score (nSPS) is 13.8. The summed E-state index contributed by atoms with van der Waals surface area (Å²) >= 11 is 3.39. The molecule has 1 aliphatic rings. The quantitative estimate of drug-likeness (QED) is 0.832. The van der Waals surface area contributed by atoms with Crippen molar-refractivity contribution in [2.45, 2.75) is 13.3 Å². The van der Waals surface area contributed by atoms with Gasteiger partial charge in [0.05, 0.1) is 18.0 Å². The molecule has 0 aromatic carbocycles. The molecule has 4 nitrogen and oxygen atoms in total. The summed E-state index contributed by atoms with van der Waals surface area (Å²) < 4.78 is 5.89. The first-order valence-corrected chi connectivity index (χ1v) is 4.95. The minimum atomic E-state index is -0.0178. The summed E-state index contributed by atoms with van der Waals surface area (Å²) in [5.41, 5.74) is 1.95. The zero-order valence-electron chi connectivity index (χ0n) is 7.85. The molecule has 0 aliphatic carbocycles. The van der Waals surface area contributed by atoms with E-state index in [1.807, 2.05) is 6.92 Å². The van der Waals surface area contributed by atoms with Crippen LogP contribution in [0.1, 0.15) is 11.1 Å². The van der Waals surface area contributed by atoms with Crippen molar-refractivity contribution in [3.8, 4) is 5.88 Å². The molecule has 1 N–H and O–H groups in total. The predicted octanol–water partition coefficient (Wildman–Crippen LogP) is 1.66. The van der Waals surface area contributed by atoms with E-state index in [1.54, 1.807) is 7.11 Å². The van der Waals surface area contributed by atoms with Crippen LogP contribution in [0, 0.1) is 6.92 Å². The molecular weight excluding hydrogens is 248 g/mol. The Hall–Kier alpha value is -1.10. The lowest BCUT2D eigenvalue weighted by atomic mass is 10.1. The van der Waals surface area contributed by atoms with Crippen LogP contribution in [0.4, 0.5) is 5.82 Å². The van der Waals surface area contributed by atoms with Gasteiger partial charge in [-0.1, -0.05) is 0 Å². The summed E-state index contributed by atoms with van der Waals surface area (Å²) in [7, 11) is 1.55. The molecule has 74 valence electrons. The Morgan fingerprint density at radius 2 is 2.29 bits per heavy atom. The van der Waals surface area contributed by atoms with Gasteiger partial charge in [-0.25, -0.2) is 0 Å². The zero-order valence-corrected chi connectivity index (χ0v) is 9.43. The predicted molar refractivity (Wildman–Crippen MR) is 55.6 cm³/mol. The molecule has 0 fully saturated rings. The van der Waals surface area contributed by atoms with Gasteiger partial charge in [0.1, 0.15) is 5.82 Å². The molecule has 2 heterocycles. The number of fused-ring (bicyclic) bond motifs is 1. The fourth-order valence-corrected chi connectivity index (χ4v) is 1.97. The Morgan fingerprint density at radius 3 is 2.93 bits per heavy atom. The van der Waals surface area contributed by atoms with Crippen molar-refractivity contribution in [2.24, 2.45) is 0 Å². The van der Waals surface area contributed by atoms with E-state index in [9.17, 15) is 4.79 Å². The topological polar surface area (TPSA) is 51.2 Å². The van der Waals surface area contributed by atoms with Crippen LogP contribution in [0.3, 0.4) is 0 Å². The maximum Gasteiger partial charge on any atom is 0.230 e. The zero-order chi connectivity index (χ0) is 10.3. The van der Waals surface area contributed by atoms with Gasteiger partial charge in [-0.15, -0.1) is 0 Å². The molecule has 14 heavy (non-hydrogen) atoms. The smallest absolute Gasteiger partial charge is 0.230 e. The number of hydrogen-bond acceptors (Lipinski definition) is 3. The van der Waals surface area contributed by atoms with Gasteiger partial charge in [0, 0.05) is 5.56 Å². The Balaban J connectivity index is 2.61. The van der Waals surface area contributed by atoms with E-state index in [0.717, 1.165) is 15.6 Å². The number of carbonyl (C=O) groups excluding carboxylic acids is 1. The highest BCUT2D eigenvalue weighted by molar-refractivity contribution is 9.10. The van der Waals surface area contributed by atoms with Gasteiger partial charge >= 0.3 is 0 Å². The lowest BCUT2D eigenvalue weighted by molar-refractivity contribution is -0.115. The molecule has 0 radical (unpaired) electrons. The van der Waals surface area contributed by atoms with Gasteiger partial charge in [-0.3, -0.25) is 4.79 Å². The fourth-order valence-electron chi connectivity index (χ4n) is 1.48. The van der Waals surface area contributed by atoms with Crippen LogP contribution in [-0.4, -0.2) is 18.0 Å². The summed E-state index contributed by atoms with van der Waals surface area (Å²) in [5.74, 6) is 1.10. The standard InChI is InChI=1S/C9H9BrN2O2/c1-4-5-3-6(13)11-8(5)12-9(14-2)7(4)10/h3H2,1-2H3,(H,11,12,13). The summed E-state index contributed by atoms with van der Waals surface area (Å²) in [6, 6.07) is 0. The minimum absolute atomic E-state index is 0.0178. The number of methoxy groups -OCH3 is 1. The SMILES string of the molecule is COc1nc2c(c(C)c1Br)CC(=O)N2. The molecule has 1 aliphatic heterocycles. The van der Waals surface area contributed by atoms with E-state index in [0.29, 0.717) is 18.1 Å². The van der Waals surface area contributed by atoms with Crippen LogP contribution in [0.25, 0.3) is 0 Å². The Morgan fingerprint density at radius 1 is 1.57 bits per heavy atom. The first-order chi connectivity index (χ1) is 6.63. The number of aromatic nitrogens is 1. The molecule has 2 rings (SSSR count). The van der Waals surface area contributed by atoms with Crippen LogP contribution in [0.15, 0.2) is 4.47 Å². The van der Waals surface area contributed by atoms with Crippen molar-refractivity contribution in [3.05, 3.63) is 15.6 Å². The molecule has 5 heteroatoms. The molecule has 1 amide bonds. The van der Waals surface area contributed by atoms with E-state index in [2.05, 4.69) is 26.2 Å². The van der Waals surface area contributed by atoms with E-state index >= 15 is 0 Å². The Labute approximate surface area is 89.8 Å². The first-order valence-electron chi connectivity index (χ1n) is 4.16. The highest BCUT2D eigenvalue weighted by Gasteiger charge is 2.24. The summed E-state index contributed by atoms with van der Waals surface area (Å²) in [6.45, 7) is 1.94. The second-order valence-electron chi connectivity index (χ2n) is 3.11. The summed E-state index contributed by atoms with van der Waals surface area (Å²) in [6.07, 6.45) is 0.400. The number of carbonyl (C=O) groups is 1. The van der Waals surface area contributed by atoms with Gasteiger partial charge in [0.25, 0.3) is 0 Å². The van der Waals surface area contributed by atoms with Crippen molar-refractivity contribution in [2.75, 3.05) is 12.4 Å². The van der Waals surface area contributed by atoms with Gasteiger partial charge in [0.15, 0.2) is 0 Å². The summed E-state index contributed by atoms with van der Waals surface area (Å²) in [5, 5.41) is 2.69. The molecule has 0 saturated heterocycles. The van der Waals surface area contributed by atoms with Gasteiger partial charge in [-0.2, -0.15) is 4.98 Å². The van der Waals surface area contributed by atoms with Crippen molar-refractivity contribution in [3.63, 3.8) is 0 Å². The van der Waals surface area contributed by atoms with Crippen molar-refractivity contribution < 1.29 is 9.53 Å². The highest BCUT2D eigenvalue weighted by Crippen LogP contribution is 2.35. The van der Waals surface area contributed by atoms with Crippen LogP contribution in [0.2, 0.25) is 0 Å². The number of nitrogens with one attached hydrogen (secondary N) is 1. The second kappa shape index (κ2) is 3.24. The van der Waals surface area contributed by atoms with Gasteiger partial charge in [0.2, 0.25) is 11.8 Å². The van der Waals surface area contributed by atoms with Crippen LogP contribution < -0.4 is 10.1 Å². The monoisotopic (exact) mass is 256 g/mol. The average molecular weight is 257 g/mol. The number of anilines is 1. The number of hydrogen-bond donors (Lipinski definition) is 1. The Kier molecular flexibility index (Phi) is 2.19. The number of amides is 1. The fraction of sp³-hybridized carbons (Fsp3) is 0.333. The van der Waals surface area contributed by atoms with E-state index in [1.165, 1.54) is 0 Å². The maximum atomic E-state index is 11.2. The van der Waals surface area contributed by atoms with Crippen molar-refractivity contribution in [1.29, 1.82) is 0 Å². The number of pyridine rings is 1. The Bertz CT molecular complexity index is 418. The van der Waals surface area contributed by atoms with Crippen LogP contribution in [-0.2, 0) is 11.2 Å². The lowest BCUT2D eigenvalue weighted by Gasteiger charge is -2.08. The number of nitrogens with zero attached hydrogens (tertiary/aromatic N) is 1. The van der Waals surface area contributed by atoms with Crippen LogP contribution in [0.5, 0.6) is 5.88 Å². The lowest BCUT2D eigenvalue weighted by Crippen LogP contribution is -2.04. The highest BCUT2D eigenvalue weighted by atomic mass is 79.9. The number of halogens is 1. The van der Waals surface area contributed by atoms with Crippen LogP contribution >= 0.6 is 15.9 Å². The van der Waals surface area contributed by atoms with Crippen molar-refractivity contribution >= 4 is 27.7 Å². The van der Waals surface area contributed by atoms with Gasteiger partial charge < -0.3 is 10.1 Å². The molecule has 0 atom stereocenters. The third-order valence-electron chi connectivity index (χ3n) is 2.26. The number of ether oxygens (including phenoxy) is 1. The average Bonchev–Trinajstić information content (AvgIpc) is 2.52.